The number of nitriles is 1. The van der Waals surface area contributed by atoms with E-state index in [1.54, 1.807) is 60.7 Å². The molecule has 0 aliphatic heterocycles. The molecule has 7 heteroatoms. The van der Waals surface area contributed by atoms with Crippen molar-refractivity contribution in [2.75, 3.05) is 11.5 Å². The Morgan fingerprint density at radius 3 is 1.97 bits per heavy atom. The molecule has 0 aliphatic carbocycles. The second-order valence-corrected chi connectivity index (χ2v) is 7.13. The van der Waals surface area contributed by atoms with E-state index >= 15 is 4.39 Å². The summed E-state index contributed by atoms with van der Waals surface area (Å²) in [5, 5.41) is 9.14. The Labute approximate surface area is 179 Å². The van der Waals surface area contributed by atoms with Gasteiger partial charge in [-0.2, -0.15) is 9.65 Å². The molecule has 6 nitrogen and oxygen atoms in total. The Morgan fingerprint density at radius 2 is 1.45 bits per heavy atom. The van der Waals surface area contributed by atoms with Gasteiger partial charge in [0.1, 0.15) is 11.6 Å². The Hall–Kier alpha value is -4.31. The summed E-state index contributed by atoms with van der Waals surface area (Å²) in [6, 6.07) is 23.0. The highest BCUT2D eigenvalue weighted by Gasteiger charge is 2.42. The number of hydrogen-bond acceptors (Lipinski definition) is 6. The first-order chi connectivity index (χ1) is 15.0. The van der Waals surface area contributed by atoms with Crippen molar-refractivity contribution in [1.29, 1.82) is 5.26 Å². The summed E-state index contributed by atoms with van der Waals surface area (Å²) >= 11 is 0. The smallest absolute Gasteiger partial charge is 0.217 e. The zero-order chi connectivity index (χ0) is 21.8. The van der Waals surface area contributed by atoms with E-state index in [1.807, 2.05) is 12.1 Å². The lowest BCUT2D eigenvalue weighted by molar-refractivity contribution is 0.497. The first-order valence-corrected chi connectivity index (χ1v) is 9.59. The SMILES string of the molecule is N#Cc1ccc(CC(c2cccc(N)n2)(c2cccc(N)n2)c2cccnc2F)cc1. The Kier molecular flexibility index (Phi) is 5.29. The number of benzene rings is 1. The normalized spacial score (nSPS) is 11.1. The predicted octanol–water partition coefficient (Wildman–Crippen LogP) is 3.62. The third-order valence-electron chi connectivity index (χ3n) is 5.19. The van der Waals surface area contributed by atoms with Gasteiger partial charge in [0.25, 0.3) is 0 Å². The summed E-state index contributed by atoms with van der Waals surface area (Å²) in [5.41, 5.74) is 13.6. The summed E-state index contributed by atoms with van der Waals surface area (Å²) < 4.78 is 15.2. The fourth-order valence-corrected chi connectivity index (χ4v) is 3.77. The first kappa shape index (κ1) is 20.0. The van der Waals surface area contributed by atoms with Crippen molar-refractivity contribution in [2.24, 2.45) is 0 Å². The van der Waals surface area contributed by atoms with Crippen LogP contribution in [0.25, 0.3) is 0 Å². The largest absolute Gasteiger partial charge is 0.384 e. The maximum atomic E-state index is 15.2. The average Bonchev–Trinajstić information content (AvgIpc) is 2.78. The minimum Gasteiger partial charge on any atom is -0.384 e. The standard InChI is InChI=1S/C24H19FN6/c25-23-18(4-3-13-29-23)24(19-5-1-7-21(27)30-19,20-6-2-8-22(28)31-20)14-16-9-11-17(15-26)12-10-16/h1-13H,14H2,(H2,27,30)(H2,28,31). The molecule has 0 fully saturated rings. The topological polar surface area (TPSA) is 114 Å². The van der Waals surface area contributed by atoms with E-state index in [0.717, 1.165) is 5.56 Å². The van der Waals surface area contributed by atoms with E-state index in [4.69, 9.17) is 16.7 Å². The molecule has 4 rings (SSSR count). The molecule has 0 unspecified atom stereocenters. The Balaban J connectivity index is 2.05. The van der Waals surface area contributed by atoms with Gasteiger partial charge in [-0.25, -0.2) is 15.0 Å². The van der Waals surface area contributed by atoms with Crippen LogP contribution in [0.1, 0.15) is 28.1 Å². The molecule has 0 spiro atoms. The van der Waals surface area contributed by atoms with Gasteiger partial charge in [-0.05, 0) is 54.4 Å². The molecule has 3 heterocycles. The van der Waals surface area contributed by atoms with Crippen molar-refractivity contribution in [2.45, 2.75) is 11.8 Å². The van der Waals surface area contributed by atoms with Crippen LogP contribution in [-0.2, 0) is 11.8 Å². The first-order valence-electron chi connectivity index (χ1n) is 9.59. The summed E-state index contributed by atoms with van der Waals surface area (Å²) in [6.45, 7) is 0. The quantitative estimate of drug-likeness (QED) is 0.486. The van der Waals surface area contributed by atoms with E-state index < -0.39 is 11.4 Å². The van der Waals surface area contributed by atoms with Crippen molar-refractivity contribution >= 4 is 11.6 Å². The molecular weight excluding hydrogens is 391 g/mol. The van der Waals surface area contributed by atoms with Crippen LogP contribution in [0.3, 0.4) is 0 Å². The predicted molar refractivity (Wildman–Crippen MR) is 116 cm³/mol. The summed E-state index contributed by atoms with van der Waals surface area (Å²) in [7, 11) is 0. The maximum Gasteiger partial charge on any atom is 0.217 e. The van der Waals surface area contributed by atoms with E-state index in [1.165, 1.54) is 6.20 Å². The van der Waals surface area contributed by atoms with Crippen molar-refractivity contribution in [3.63, 3.8) is 0 Å². The Bertz CT molecular complexity index is 1220. The van der Waals surface area contributed by atoms with Crippen LogP contribution in [0.15, 0.2) is 79.0 Å². The van der Waals surface area contributed by atoms with Gasteiger partial charge in [0.15, 0.2) is 0 Å². The summed E-state index contributed by atoms with van der Waals surface area (Å²) in [5.74, 6) is -0.0330. The zero-order valence-electron chi connectivity index (χ0n) is 16.5. The van der Waals surface area contributed by atoms with Gasteiger partial charge in [-0.3, -0.25) is 0 Å². The van der Waals surface area contributed by atoms with Crippen LogP contribution in [-0.4, -0.2) is 15.0 Å². The Morgan fingerprint density at radius 1 is 0.839 bits per heavy atom. The average molecular weight is 410 g/mol. The highest BCUT2D eigenvalue weighted by molar-refractivity contribution is 5.50. The molecule has 4 N–H and O–H groups in total. The summed E-state index contributed by atoms with van der Waals surface area (Å²) in [6.07, 6.45) is 1.69. The number of aromatic nitrogens is 3. The molecule has 0 saturated heterocycles. The van der Waals surface area contributed by atoms with Crippen LogP contribution >= 0.6 is 0 Å². The number of hydrogen-bond donors (Lipinski definition) is 2. The van der Waals surface area contributed by atoms with Crippen LogP contribution in [0.4, 0.5) is 16.0 Å². The number of halogens is 1. The third kappa shape index (κ3) is 3.79. The van der Waals surface area contributed by atoms with E-state index in [9.17, 15) is 0 Å². The van der Waals surface area contributed by atoms with E-state index in [2.05, 4.69) is 21.0 Å². The van der Waals surface area contributed by atoms with Crippen LogP contribution in [0.2, 0.25) is 0 Å². The number of nitrogen functional groups attached to an aromatic ring is 2. The lowest BCUT2D eigenvalue weighted by atomic mass is 9.70. The number of anilines is 2. The second-order valence-electron chi connectivity index (χ2n) is 7.13. The van der Waals surface area contributed by atoms with Gasteiger partial charge in [0, 0.05) is 11.8 Å². The molecule has 0 radical (unpaired) electrons. The fraction of sp³-hybridized carbons (Fsp3) is 0.0833. The van der Waals surface area contributed by atoms with Crippen molar-refractivity contribution in [3.05, 3.63) is 113 Å². The van der Waals surface area contributed by atoms with Gasteiger partial charge in [-0.15, -0.1) is 0 Å². The number of pyridine rings is 3. The highest BCUT2D eigenvalue weighted by Crippen LogP contribution is 2.41. The number of nitrogens with zero attached hydrogens (tertiary/aromatic N) is 4. The van der Waals surface area contributed by atoms with Gasteiger partial charge < -0.3 is 11.5 Å². The highest BCUT2D eigenvalue weighted by atomic mass is 19.1. The monoisotopic (exact) mass is 410 g/mol. The van der Waals surface area contributed by atoms with Crippen LogP contribution in [0.5, 0.6) is 0 Å². The van der Waals surface area contributed by atoms with Crippen molar-refractivity contribution in [1.82, 2.24) is 15.0 Å². The maximum absolute atomic E-state index is 15.2. The fourth-order valence-electron chi connectivity index (χ4n) is 3.77. The lowest BCUT2D eigenvalue weighted by Crippen LogP contribution is -2.36. The molecule has 4 aromatic rings. The van der Waals surface area contributed by atoms with Gasteiger partial charge in [0.2, 0.25) is 5.95 Å². The molecule has 0 saturated carbocycles. The molecular formula is C24H19FN6. The summed E-state index contributed by atoms with van der Waals surface area (Å²) in [4.78, 5) is 13.0. The second kappa shape index (κ2) is 8.20. The van der Waals surface area contributed by atoms with E-state index in [-0.39, 0.29) is 0 Å². The van der Waals surface area contributed by atoms with Gasteiger partial charge in [0.05, 0.1) is 28.4 Å². The van der Waals surface area contributed by atoms with Gasteiger partial charge >= 0.3 is 0 Å². The molecule has 1 aromatic carbocycles. The minimum absolute atomic E-state index is 0.300. The van der Waals surface area contributed by atoms with E-state index in [0.29, 0.717) is 40.6 Å². The zero-order valence-corrected chi connectivity index (χ0v) is 16.5. The van der Waals surface area contributed by atoms with Gasteiger partial charge in [-0.1, -0.05) is 30.3 Å². The molecule has 31 heavy (non-hydrogen) atoms. The molecule has 0 atom stereocenters. The molecule has 0 aliphatic rings. The lowest BCUT2D eigenvalue weighted by Gasteiger charge is -2.34. The minimum atomic E-state index is -1.16. The third-order valence-corrected chi connectivity index (χ3v) is 5.19. The molecule has 0 bridgehead atoms. The van der Waals surface area contributed by atoms with Crippen LogP contribution < -0.4 is 11.5 Å². The molecule has 0 amide bonds. The van der Waals surface area contributed by atoms with Crippen molar-refractivity contribution < 1.29 is 4.39 Å². The molecule has 152 valence electrons. The van der Waals surface area contributed by atoms with Crippen molar-refractivity contribution in [3.8, 4) is 6.07 Å². The number of nitrogens with two attached hydrogens (primary N) is 2. The number of rotatable bonds is 5. The van der Waals surface area contributed by atoms with Crippen LogP contribution in [0, 0.1) is 17.3 Å². The molecule has 3 aromatic heterocycles.